The molecule has 0 saturated heterocycles. The van der Waals surface area contributed by atoms with Gasteiger partial charge in [-0.15, -0.1) is 0 Å². The van der Waals surface area contributed by atoms with E-state index in [1.54, 1.807) is 0 Å². The number of fused-ring (bicyclic) bond motifs is 1. The lowest BCUT2D eigenvalue weighted by atomic mass is 9.93. The van der Waals surface area contributed by atoms with E-state index in [0.717, 1.165) is 12.8 Å². The van der Waals surface area contributed by atoms with Gasteiger partial charge in [0.1, 0.15) is 0 Å². The molecule has 0 bridgehead atoms. The molecule has 1 aliphatic heterocycles. The molecule has 1 unspecified atom stereocenters. The molecule has 1 aliphatic rings. The average molecular weight is 234 g/mol. The predicted octanol–water partition coefficient (Wildman–Crippen LogP) is 4.34. The highest BCUT2D eigenvalue weighted by atomic mass is 14.9. The summed E-state index contributed by atoms with van der Waals surface area (Å²) in [5.74, 6) is 0. The number of aryl methyl sites for hydroxylation is 1. The number of nitrogens with zero attached hydrogens (tertiary/aromatic N) is 1. The first kappa shape index (κ1) is 10.9. The summed E-state index contributed by atoms with van der Waals surface area (Å²) >= 11 is 0. The zero-order valence-electron chi connectivity index (χ0n) is 10.1. The summed E-state index contributed by atoms with van der Waals surface area (Å²) in [5, 5.41) is 3.56. The molecule has 0 amide bonds. The normalized spacial score (nSPS) is 17.4. The molecule has 2 nitrogen and oxygen atoms in total. The number of anilines is 1. The Balaban J connectivity index is 1.90. The van der Waals surface area contributed by atoms with Crippen LogP contribution >= 0.6 is 0 Å². The molecule has 0 aromatic heterocycles. The lowest BCUT2D eigenvalue weighted by Crippen LogP contribution is -2.17. The molecule has 2 aromatic rings. The van der Waals surface area contributed by atoms with Gasteiger partial charge in [0.15, 0.2) is 5.69 Å². The summed E-state index contributed by atoms with van der Waals surface area (Å²) < 4.78 is 0. The Hall–Kier alpha value is -2.27. The van der Waals surface area contributed by atoms with Crippen molar-refractivity contribution in [1.82, 2.24) is 0 Å². The molecule has 0 aliphatic carbocycles. The lowest BCUT2D eigenvalue weighted by Gasteiger charge is -2.27. The molecule has 2 aromatic carbocycles. The van der Waals surface area contributed by atoms with Gasteiger partial charge in [-0.25, -0.2) is 4.85 Å². The molecule has 0 fully saturated rings. The third-order valence-corrected chi connectivity index (χ3v) is 3.45. The van der Waals surface area contributed by atoms with E-state index in [2.05, 4.69) is 40.5 Å². The van der Waals surface area contributed by atoms with Crippen molar-refractivity contribution in [3.8, 4) is 0 Å². The second kappa shape index (κ2) is 4.54. The number of rotatable bonds is 1. The Morgan fingerprint density at radius 1 is 1.11 bits per heavy atom. The van der Waals surface area contributed by atoms with Crippen LogP contribution in [0.25, 0.3) is 4.85 Å². The predicted molar refractivity (Wildman–Crippen MR) is 73.8 cm³/mol. The van der Waals surface area contributed by atoms with E-state index in [4.69, 9.17) is 6.57 Å². The van der Waals surface area contributed by atoms with E-state index in [1.807, 2.05) is 18.2 Å². The highest BCUT2D eigenvalue weighted by molar-refractivity contribution is 5.56. The summed E-state index contributed by atoms with van der Waals surface area (Å²) in [7, 11) is 0. The fourth-order valence-electron chi connectivity index (χ4n) is 2.50. The molecule has 1 N–H and O–H groups in total. The van der Waals surface area contributed by atoms with Gasteiger partial charge in [-0.2, -0.15) is 0 Å². The smallest absolute Gasteiger partial charge is 0.187 e. The second-order valence-electron chi connectivity index (χ2n) is 4.60. The minimum atomic E-state index is 0.321. The monoisotopic (exact) mass is 234 g/mol. The van der Waals surface area contributed by atoms with Gasteiger partial charge in [-0.1, -0.05) is 42.5 Å². The van der Waals surface area contributed by atoms with E-state index in [-0.39, 0.29) is 0 Å². The maximum atomic E-state index is 7.08. The molecular weight excluding hydrogens is 220 g/mol. The fourth-order valence-corrected chi connectivity index (χ4v) is 2.50. The van der Waals surface area contributed by atoms with Gasteiger partial charge < -0.3 is 5.32 Å². The summed E-state index contributed by atoms with van der Waals surface area (Å²) in [4.78, 5) is 3.49. The van der Waals surface area contributed by atoms with Crippen LogP contribution in [0.3, 0.4) is 0 Å². The molecule has 0 radical (unpaired) electrons. The Morgan fingerprint density at radius 3 is 2.89 bits per heavy atom. The SMILES string of the molecule is [C-]#[N+]c1cccc(C2CCc3ccccc3N2)c1. The zero-order valence-corrected chi connectivity index (χ0v) is 10.1. The summed E-state index contributed by atoms with van der Waals surface area (Å²) in [6.45, 7) is 7.08. The molecule has 1 atom stereocenters. The first-order chi connectivity index (χ1) is 8.86. The van der Waals surface area contributed by atoms with Gasteiger partial charge in [-0.05, 0) is 30.0 Å². The molecule has 3 rings (SSSR count). The maximum Gasteiger partial charge on any atom is 0.187 e. The number of para-hydroxylation sites is 1. The third kappa shape index (κ3) is 1.96. The van der Waals surface area contributed by atoms with Gasteiger partial charge in [0.05, 0.1) is 12.6 Å². The quantitative estimate of drug-likeness (QED) is 0.726. The van der Waals surface area contributed by atoms with Gasteiger partial charge in [0.2, 0.25) is 0 Å². The third-order valence-electron chi connectivity index (χ3n) is 3.45. The molecule has 0 saturated carbocycles. The molecule has 18 heavy (non-hydrogen) atoms. The Bertz CT molecular complexity index is 610. The maximum absolute atomic E-state index is 7.08. The topological polar surface area (TPSA) is 16.4 Å². The molecule has 2 heteroatoms. The van der Waals surface area contributed by atoms with E-state index >= 15 is 0 Å². The number of hydrogen-bond donors (Lipinski definition) is 1. The van der Waals surface area contributed by atoms with Gasteiger partial charge in [0.25, 0.3) is 0 Å². The van der Waals surface area contributed by atoms with Gasteiger partial charge >= 0.3 is 0 Å². The molecule has 0 spiro atoms. The fraction of sp³-hybridized carbons (Fsp3) is 0.188. The van der Waals surface area contributed by atoms with E-state index < -0.39 is 0 Å². The second-order valence-corrected chi connectivity index (χ2v) is 4.60. The van der Waals surface area contributed by atoms with Crippen molar-refractivity contribution < 1.29 is 0 Å². The van der Waals surface area contributed by atoms with Crippen molar-refractivity contribution in [3.63, 3.8) is 0 Å². The van der Waals surface area contributed by atoms with E-state index in [9.17, 15) is 0 Å². The van der Waals surface area contributed by atoms with Crippen molar-refractivity contribution in [2.45, 2.75) is 18.9 Å². The highest BCUT2D eigenvalue weighted by Crippen LogP contribution is 2.33. The molecule has 1 heterocycles. The van der Waals surface area contributed by atoms with Crippen molar-refractivity contribution in [2.24, 2.45) is 0 Å². The van der Waals surface area contributed by atoms with Crippen molar-refractivity contribution in [3.05, 3.63) is 71.1 Å². The number of hydrogen-bond acceptors (Lipinski definition) is 1. The Morgan fingerprint density at radius 2 is 2.00 bits per heavy atom. The van der Waals surface area contributed by atoms with Crippen LogP contribution in [-0.2, 0) is 6.42 Å². The summed E-state index contributed by atoms with van der Waals surface area (Å²) in [5.41, 5.74) is 4.53. The van der Waals surface area contributed by atoms with Crippen LogP contribution in [0.4, 0.5) is 11.4 Å². The van der Waals surface area contributed by atoms with Crippen LogP contribution in [0.1, 0.15) is 23.6 Å². The summed E-state index contributed by atoms with van der Waals surface area (Å²) in [6, 6.07) is 16.7. The van der Waals surface area contributed by atoms with Crippen molar-refractivity contribution in [1.29, 1.82) is 0 Å². The first-order valence-corrected chi connectivity index (χ1v) is 6.19. The minimum absolute atomic E-state index is 0.321. The largest absolute Gasteiger partial charge is 0.378 e. The summed E-state index contributed by atoms with van der Waals surface area (Å²) in [6.07, 6.45) is 2.18. The molecular formula is C16H14N2. The van der Waals surface area contributed by atoms with Crippen LogP contribution in [0, 0.1) is 6.57 Å². The average Bonchev–Trinajstić information content (AvgIpc) is 2.47. The highest BCUT2D eigenvalue weighted by Gasteiger charge is 2.18. The van der Waals surface area contributed by atoms with Crippen molar-refractivity contribution in [2.75, 3.05) is 5.32 Å². The van der Waals surface area contributed by atoms with Crippen LogP contribution in [0.2, 0.25) is 0 Å². The van der Waals surface area contributed by atoms with Crippen molar-refractivity contribution >= 4 is 11.4 Å². The lowest BCUT2D eigenvalue weighted by molar-refractivity contribution is 0.668. The standard InChI is InChI=1S/C16H14N2/c1-17-14-7-4-6-13(11-14)16-10-9-12-5-2-3-8-15(12)18-16/h2-8,11,16,18H,9-10H2. The number of nitrogens with one attached hydrogen (secondary N) is 1. The Labute approximate surface area is 107 Å². The van der Waals surface area contributed by atoms with E-state index in [0.29, 0.717) is 11.7 Å². The first-order valence-electron chi connectivity index (χ1n) is 6.19. The van der Waals surface area contributed by atoms with Crippen LogP contribution in [-0.4, -0.2) is 0 Å². The van der Waals surface area contributed by atoms with Crippen LogP contribution in [0.15, 0.2) is 48.5 Å². The minimum Gasteiger partial charge on any atom is -0.378 e. The van der Waals surface area contributed by atoms with Gasteiger partial charge in [-0.3, -0.25) is 0 Å². The zero-order chi connectivity index (χ0) is 12.4. The van der Waals surface area contributed by atoms with Crippen LogP contribution < -0.4 is 5.32 Å². The molecule has 88 valence electrons. The van der Waals surface area contributed by atoms with E-state index in [1.165, 1.54) is 16.8 Å². The van der Waals surface area contributed by atoms with Gasteiger partial charge in [0, 0.05) is 5.69 Å². The van der Waals surface area contributed by atoms with Crippen LogP contribution in [0.5, 0.6) is 0 Å². The Kier molecular flexibility index (Phi) is 2.74. The number of benzene rings is 2.